The predicted molar refractivity (Wildman–Crippen MR) is 71.7 cm³/mol. The second-order valence-electron chi connectivity index (χ2n) is 5.21. The summed E-state index contributed by atoms with van der Waals surface area (Å²) >= 11 is 0. The van der Waals surface area contributed by atoms with Gasteiger partial charge in [0, 0.05) is 5.39 Å². The van der Waals surface area contributed by atoms with E-state index in [0.717, 1.165) is 35.3 Å². The Morgan fingerprint density at radius 2 is 2.00 bits per heavy atom. The van der Waals surface area contributed by atoms with Crippen LogP contribution in [0.4, 0.5) is 0 Å². The number of para-hydroxylation sites is 1. The number of fused-ring (bicyclic) bond motifs is 1. The number of ether oxygens (including phenoxy) is 1. The van der Waals surface area contributed by atoms with Gasteiger partial charge in [-0.1, -0.05) is 31.4 Å². The van der Waals surface area contributed by atoms with E-state index in [9.17, 15) is 0 Å². The lowest BCUT2D eigenvalue weighted by molar-refractivity contribution is 0.256. The molecule has 1 aliphatic rings. The maximum Gasteiger partial charge on any atom is 0.176 e. The summed E-state index contributed by atoms with van der Waals surface area (Å²) < 4.78 is 11.3. The Balaban J connectivity index is 2.07. The molecule has 0 unspecified atom stereocenters. The predicted octanol–water partition coefficient (Wildman–Crippen LogP) is 3.56. The summed E-state index contributed by atoms with van der Waals surface area (Å²) in [5.74, 6) is 1.68. The van der Waals surface area contributed by atoms with Gasteiger partial charge in [0.2, 0.25) is 0 Å². The monoisotopic (exact) mass is 245 g/mol. The number of nitrogens with two attached hydrogens (primary N) is 1. The minimum Gasteiger partial charge on any atom is -0.493 e. The van der Waals surface area contributed by atoms with E-state index in [1.54, 1.807) is 7.11 Å². The molecule has 0 atom stereocenters. The molecular weight excluding hydrogens is 226 g/mol. The van der Waals surface area contributed by atoms with Gasteiger partial charge in [0.15, 0.2) is 11.3 Å². The molecule has 1 fully saturated rings. The Labute approximate surface area is 107 Å². The van der Waals surface area contributed by atoms with Crippen LogP contribution in [0.25, 0.3) is 11.0 Å². The molecule has 3 nitrogen and oxygen atoms in total. The Hall–Kier alpha value is -1.48. The van der Waals surface area contributed by atoms with Gasteiger partial charge in [-0.3, -0.25) is 0 Å². The average Bonchev–Trinajstić information content (AvgIpc) is 2.84. The molecule has 3 rings (SSSR count). The van der Waals surface area contributed by atoms with Crippen molar-refractivity contribution in [3.8, 4) is 5.75 Å². The van der Waals surface area contributed by atoms with Crippen LogP contribution in [-0.2, 0) is 5.54 Å². The van der Waals surface area contributed by atoms with Gasteiger partial charge < -0.3 is 14.9 Å². The van der Waals surface area contributed by atoms with Crippen LogP contribution in [0.5, 0.6) is 5.75 Å². The minimum atomic E-state index is -0.289. The Kier molecular flexibility index (Phi) is 2.78. The second kappa shape index (κ2) is 4.32. The van der Waals surface area contributed by atoms with Gasteiger partial charge in [0.05, 0.1) is 12.6 Å². The fraction of sp³-hybridized carbons (Fsp3) is 0.467. The topological polar surface area (TPSA) is 48.4 Å². The third-order valence-electron chi connectivity index (χ3n) is 3.96. The first-order valence-corrected chi connectivity index (χ1v) is 6.59. The van der Waals surface area contributed by atoms with Crippen LogP contribution in [0.1, 0.15) is 37.9 Å². The van der Waals surface area contributed by atoms with E-state index in [1.807, 2.05) is 18.2 Å². The summed E-state index contributed by atoms with van der Waals surface area (Å²) in [6.07, 6.45) is 5.67. The smallest absolute Gasteiger partial charge is 0.176 e. The van der Waals surface area contributed by atoms with Crippen molar-refractivity contribution in [2.24, 2.45) is 5.73 Å². The zero-order valence-corrected chi connectivity index (χ0v) is 10.7. The molecule has 1 aromatic carbocycles. The van der Waals surface area contributed by atoms with E-state index >= 15 is 0 Å². The third kappa shape index (κ3) is 1.79. The van der Waals surface area contributed by atoms with Crippen LogP contribution in [0, 0.1) is 0 Å². The molecule has 0 saturated heterocycles. The molecule has 18 heavy (non-hydrogen) atoms. The Morgan fingerprint density at radius 1 is 1.22 bits per heavy atom. The summed E-state index contributed by atoms with van der Waals surface area (Å²) in [5.41, 5.74) is 7.02. The van der Waals surface area contributed by atoms with Gasteiger partial charge in [0.25, 0.3) is 0 Å². The number of benzene rings is 1. The van der Waals surface area contributed by atoms with Gasteiger partial charge in [-0.2, -0.15) is 0 Å². The van der Waals surface area contributed by atoms with Gasteiger partial charge >= 0.3 is 0 Å². The summed E-state index contributed by atoms with van der Waals surface area (Å²) in [6.45, 7) is 0. The minimum absolute atomic E-state index is 0.289. The lowest BCUT2D eigenvalue weighted by atomic mass is 9.81. The number of hydrogen-bond acceptors (Lipinski definition) is 3. The van der Waals surface area contributed by atoms with Crippen molar-refractivity contribution in [2.45, 2.75) is 37.6 Å². The Bertz CT molecular complexity index is 553. The lowest BCUT2D eigenvalue weighted by Crippen LogP contribution is -2.38. The molecule has 1 heterocycles. The molecule has 0 amide bonds. The molecule has 0 spiro atoms. The van der Waals surface area contributed by atoms with E-state index in [1.165, 1.54) is 19.3 Å². The summed E-state index contributed by atoms with van der Waals surface area (Å²) in [5, 5.41) is 1.07. The maximum absolute atomic E-state index is 6.50. The normalized spacial score (nSPS) is 19.0. The van der Waals surface area contributed by atoms with Crippen molar-refractivity contribution in [1.29, 1.82) is 0 Å². The molecule has 3 heteroatoms. The van der Waals surface area contributed by atoms with Gasteiger partial charge in [0.1, 0.15) is 5.76 Å². The SMILES string of the molecule is COc1cccc2cc(C3(N)CCCCC3)oc12. The third-order valence-corrected chi connectivity index (χ3v) is 3.96. The number of rotatable bonds is 2. The van der Waals surface area contributed by atoms with Crippen molar-refractivity contribution in [2.75, 3.05) is 7.11 Å². The van der Waals surface area contributed by atoms with Crippen LogP contribution >= 0.6 is 0 Å². The lowest BCUT2D eigenvalue weighted by Gasteiger charge is -2.31. The molecule has 1 aromatic heterocycles. The molecule has 2 N–H and O–H groups in total. The van der Waals surface area contributed by atoms with Gasteiger partial charge in [-0.25, -0.2) is 0 Å². The fourth-order valence-corrected chi connectivity index (χ4v) is 2.87. The summed E-state index contributed by atoms with van der Waals surface area (Å²) in [7, 11) is 1.66. The standard InChI is InChI=1S/C15H19NO2/c1-17-12-7-5-6-11-10-13(18-14(11)12)15(16)8-3-2-4-9-15/h5-7,10H,2-4,8-9,16H2,1H3. The van der Waals surface area contributed by atoms with E-state index < -0.39 is 0 Å². The van der Waals surface area contributed by atoms with Crippen molar-refractivity contribution < 1.29 is 9.15 Å². The van der Waals surface area contributed by atoms with Crippen LogP contribution in [0.3, 0.4) is 0 Å². The highest BCUT2D eigenvalue weighted by atomic mass is 16.5. The Morgan fingerprint density at radius 3 is 2.72 bits per heavy atom. The average molecular weight is 245 g/mol. The quantitative estimate of drug-likeness (QED) is 0.880. The van der Waals surface area contributed by atoms with Crippen LogP contribution in [-0.4, -0.2) is 7.11 Å². The summed E-state index contributed by atoms with van der Waals surface area (Å²) in [4.78, 5) is 0. The van der Waals surface area contributed by atoms with E-state index in [0.29, 0.717) is 0 Å². The van der Waals surface area contributed by atoms with Gasteiger partial charge in [-0.05, 0) is 25.0 Å². The highest BCUT2D eigenvalue weighted by molar-refractivity contribution is 5.83. The fourth-order valence-electron chi connectivity index (χ4n) is 2.87. The molecule has 0 radical (unpaired) electrons. The molecule has 96 valence electrons. The van der Waals surface area contributed by atoms with E-state index in [2.05, 4.69) is 6.07 Å². The van der Waals surface area contributed by atoms with Crippen LogP contribution < -0.4 is 10.5 Å². The largest absolute Gasteiger partial charge is 0.493 e. The van der Waals surface area contributed by atoms with Crippen LogP contribution in [0.15, 0.2) is 28.7 Å². The van der Waals surface area contributed by atoms with Crippen molar-refractivity contribution in [3.63, 3.8) is 0 Å². The molecule has 0 aliphatic heterocycles. The van der Waals surface area contributed by atoms with E-state index in [4.69, 9.17) is 14.9 Å². The molecule has 2 aromatic rings. The number of hydrogen-bond donors (Lipinski definition) is 1. The molecule has 1 saturated carbocycles. The van der Waals surface area contributed by atoms with Crippen molar-refractivity contribution in [3.05, 3.63) is 30.0 Å². The van der Waals surface area contributed by atoms with Gasteiger partial charge in [-0.15, -0.1) is 0 Å². The highest BCUT2D eigenvalue weighted by Crippen LogP contribution is 2.39. The zero-order chi connectivity index (χ0) is 12.6. The number of methoxy groups -OCH3 is 1. The number of furan rings is 1. The van der Waals surface area contributed by atoms with Crippen LogP contribution in [0.2, 0.25) is 0 Å². The first kappa shape index (κ1) is 11.6. The zero-order valence-electron chi connectivity index (χ0n) is 10.7. The first-order chi connectivity index (χ1) is 8.73. The van der Waals surface area contributed by atoms with E-state index in [-0.39, 0.29) is 5.54 Å². The molecule has 0 bridgehead atoms. The molecular formula is C15H19NO2. The highest BCUT2D eigenvalue weighted by Gasteiger charge is 2.33. The summed E-state index contributed by atoms with van der Waals surface area (Å²) in [6, 6.07) is 8.00. The van der Waals surface area contributed by atoms with Crippen molar-refractivity contribution in [1.82, 2.24) is 0 Å². The molecule has 1 aliphatic carbocycles. The maximum atomic E-state index is 6.50. The first-order valence-electron chi connectivity index (χ1n) is 6.59. The second-order valence-corrected chi connectivity index (χ2v) is 5.21. The van der Waals surface area contributed by atoms with Crippen molar-refractivity contribution >= 4 is 11.0 Å².